The van der Waals surface area contributed by atoms with Crippen molar-refractivity contribution >= 4 is 17.9 Å². The summed E-state index contributed by atoms with van der Waals surface area (Å²) in [4.78, 5) is 28.0. The van der Waals surface area contributed by atoms with E-state index in [9.17, 15) is 9.59 Å². The fraction of sp³-hybridized carbons (Fsp3) is 0.360. The van der Waals surface area contributed by atoms with E-state index in [1.54, 1.807) is 44.6 Å². The Hall–Kier alpha value is -3.28. The van der Waals surface area contributed by atoms with Crippen molar-refractivity contribution in [2.75, 3.05) is 27.3 Å². The Bertz CT molecular complexity index is 942. The van der Waals surface area contributed by atoms with Crippen molar-refractivity contribution in [3.05, 3.63) is 64.9 Å². The van der Waals surface area contributed by atoms with E-state index in [0.29, 0.717) is 30.2 Å². The van der Waals surface area contributed by atoms with Gasteiger partial charge in [-0.05, 0) is 55.7 Å². The second-order valence-electron chi connectivity index (χ2n) is 7.70. The topological polar surface area (TPSA) is 67.9 Å². The third kappa shape index (κ3) is 5.87. The van der Waals surface area contributed by atoms with Crippen LogP contribution in [0.4, 0.5) is 0 Å². The van der Waals surface area contributed by atoms with E-state index in [4.69, 9.17) is 9.47 Å². The normalized spacial score (nSPS) is 14.5. The molecule has 0 unspecified atom stereocenters. The Balaban J connectivity index is 1.92. The van der Waals surface area contributed by atoms with Gasteiger partial charge in [0, 0.05) is 18.7 Å². The highest BCUT2D eigenvalue weighted by Crippen LogP contribution is 2.28. The number of amides is 2. The molecule has 2 aromatic rings. The summed E-state index contributed by atoms with van der Waals surface area (Å²) >= 11 is 0. The van der Waals surface area contributed by atoms with E-state index < -0.39 is 0 Å². The molecule has 1 aliphatic rings. The molecule has 1 heterocycles. The van der Waals surface area contributed by atoms with Crippen LogP contribution in [0.2, 0.25) is 0 Å². The van der Waals surface area contributed by atoms with Gasteiger partial charge in [0.05, 0.1) is 14.2 Å². The van der Waals surface area contributed by atoms with Crippen LogP contribution >= 0.6 is 0 Å². The summed E-state index contributed by atoms with van der Waals surface area (Å²) in [5.41, 5.74) is 2.56. The number of likely N-dealkylation sites (tertiary alicyclic amines) is 1. The van der Waals surface area contributed by atoms with Gasteiger partial charge in [0.15, 0.2) is 11.5 Å². The Morgan fingerprint density at radius 2 is 1.55 bits per heavy atom. The molecule has 0 aliphatic carbocycles. The fourth-order valence-corrected chi connectivity index (χ4v) is 3.60. The number of hydrogen-bond acceptors (Lipinski definition) is 4. The van der Waals surface area contributed by atoms with Gasteiger partial charge in [-0.25, -0.2) is 0 Å². The van der Waals surface area contributed by atoms with Gasteiger partial charge in [-0.1, -0.05) is 36.6 Å². The average Bonchev–Trinajstić information content (AvgIpc) is 3.08. The van der Waals surface area contributed by atoms with E-state index in [1.807, 2.05) is 30.0 Å². The first-order valence-electron chi connectivity index (χ1n) is 10.6. The third-order valence-electron chi connectivity index (χ3n) is 5.40. The highest BCUT2D eigenvalue weighted by atomic mass is 16.5. The van der Waals surface area contributed by atoms with Crippen molar-refractivity contribution in [3.63, 3.8) is 0 Å². The van der Waals surface area contributed by atoms with Crippen molar-refractivity contribution < 1.29 is 19.1 Å². The molecule has 164 valence electrons. The molecule has 0 bridgehead atoms. The lowest BCUT2D eigenvalue weighted by atomic mass is 10.1. The van der Waals surface area contributed by atoms with Crippen LogP contribution in [0.5, 0.6) is 11.5 Å². The minimum atomic E-state index is -0.310. The van der Waals surface area contributed by atoms with E-state index in [2.05, 4.69) is 5.32 Å². The first-order valence-corrected chi connectivity index (χ1v) is 10.6. The maximum Gasteiger partial charge on any atom is 0.270 e. The van der Waals surface area contributed by atoms with E-state index >= 15 is 0 Å². The van der Waals surface area contributed by atoms with Gasteiger partial charge in [0.1, 0.15) is 5.70 Å². The number of carbonyl (C=O) groups is 2. The molecule has 0 atom stereocenters. The quantitative estimate of drug-likeness (QED) is 0.709. The molecule has 0 aromatic heterocycles. The molecule has 1 fully saturated rings. The van der Waals surface area contributed by atoms with Gasteiger partial charge in [0.25, 0.3) is 11.8 Å². The number of hydrogen-bond donors (Lipinski definition) is 1. The van der Waals surface area contributed by atoms with E-state index in [0.717, 1.165) is 36.8 Å². The first kappa shape index (κ1) is 22.4. The largest absolute Gasteiger partial charge is 0.493 e. The van der Waals surface area contributed by atoms with Crippen LogP contribution in [-0.2, 0) is 4.79 Å². The van der Waals surface area contributed by atoms with Crippen LogP contribution in [0, 0.1) is 6.92 Å². The van der Waals surface area contributed by atoms with Crippen LogP contribution in [0.15, 0.2) is 48.2 Å². The molecule has 2 aromatic carbocycles. The molecule has 1 N–H and O–H groups in total. The summed E-state index contributed by atoms with van der Waals surface area (Å²) in [6.07, 6.45) is 5.88. The van der Waals surface area contributed by atoms with Crippen LogP contribution < -0.4 is 14.8 Å². The lowest BCUT2D eigenvalue weighted by molar-refractivity contribution is -0.127. The molecule has 0 spiro atoms. The molecule has 6 heteroatoms. The molecule has 2 amide bonds. The minimum Gasteiger partial charge on any atom is -0.493 e. The predicted octanol–water partition coefficient (Wildman–Crippen LogP) is 4.19. The molecule has 0 radical (unpaired) electrons. The van der Waals surface area contributed by atoms with Crippen molar-refractivity contribution in [1.82, 2.24) is 10.2 Å². The zero-order chi connectivity index (χ0) is 22.2. The summed E-state index contributed by atoms with van der Waals surface area (Å²) in [7, 11) is 3.14. The molecular formula is C25H30N2O4. The smallest absolute Gasteiger partial charge is 0.270 e. The highest BCUT2D eigenvalue weighted by Gasteiger charge is 2.22. The molecule has 1 saturated heterocycles. The highest BCUT2D eigenvalue weighted by molar-refractivity contribution is 6.05. The number of aryl methyl sites for hydroxylation is 1. The lowest BCUT2D eigenvalue weighted by Crippen LogP contribution is -2.39. The van der Waals surface area contributed by atoms with Crippen molar-refractivity contribution in [2.45, 2.75) is 32.6 Å². The second-order valence-corrected chi connectivity index (χ2v) is 7.70. The van der Waals surface area contributed by atoms with Crippen LogP contribution in [0.1, 0.15) is 47.2 Å². The van der Waals surface area contributed by atoms with Gasteiger partial charge in [-0.15, -0.1) is 0 Å². The number of nitrogens with zero attached hydrogens (tertiary/aromatic N) is 1. The maximum atomic E-state index is 13.3. The molecule has 3 rings (SSSR count). The Kier molecular flexibility index (Phi) is 7.70. The van der Waals surface area contributed by atoms with Gasteiger partial charge >= 0.3 is 0 Å². The number of ether oxygens (including phenoxy) is 2. The standard InChI is InChI=1S/C25H30N2O4/c1-18-8-11-20(12-9-18)24(28)26-21(25(29)27-14-6-4-5-7-15-27)16-19-10-13-22(30-2)23(17-19)31-3/h8-13,16-17H,4-7,14-15H2,1-3H3,(H,26,28)/b21-16+. The number of nitrogens with one attached hydrogen (secondary N) is 1. The van der Waals surface area contributed by atoms with Crippen molar-refractivity contribution in [3.8, 4) is 11.5 Å². The van der Waals surface area contributed by atoms with Crippen molar-refractivity contribution in [1.29, 1.82) is 0 Å². The van der Waals surface area contributed by atoms with Crippen LogP contribution in [-0.4, -0.2) is 44.0 Å². The zero-order valence-corrected chi connectivity index (χ0v) is 18.4. The zero-order valence-electron chi connectivity index (χ0n) is 18.4. The summed E-state index contributed by atoms with van der Waals surface area (Å²) < 4.78 is 10.7. The fourth-order valence-electron chi connectivity index (χ4n) is 3.60. The summed E-state index contributed by atoms with van der Waals surface area (Å²) in [5.74, 6) is 0.679. The molecule has 31 heavy (non-hydrogen) atoms. The third-order valence-corrected chi connectivity index (χ3v) is 5.40. The molecule has 6 nitrogen and oxygen atoms in total. The van der Waals surface area contributed by atoms with Crippen LogP contribution in [0.3, 0.4) is 0 Å². The number of methoxy groups -OCH3 is 2. The van der Waals surface area contributed by atoms with Gasteiger partial charge < -0.3 is 19.7 Å². The Labute approximate surface area is 183 Å². The monoisotopic (exact) mass is 422 g/mol. The molecule has 1 aliphatic heterocycles. The predicted molar refractivity (Wildman–Crippen MR) is 121 cm³/mol. The van der Waals surface area contributed by atoms with Crippen LogP contribution in [0.25, 0.3) is 6.08 Å². The Morgan fingerprint density at radius 1 is 0.903 bits per heavy atom. The number of rotatable bonds is 6. The second kappa shape index (κ2) is 10.7. The Morgan fingerprint density at radius 3 is 2.16 bits per heavy atom. The average molecular weight is 423 g/mol. The van der Waals surface area contributed by atoms with Gasteiger partial charge in [-0.2, -0.15) is 0 Å². The number of benzene rings is 2. The van der Waals surface area contributed by atoms with Gasteiger partial charge in [-0.3, -0.25) is 9.59 Å². The molecular weight excluding hydrogens is 392 g/mol. The summed E-state index contributed by atoms with van der Waals surface area (Å²) in [6.45, 7) is 3.36. The summed E-state index contributed by atoms with van der Waals surface area (Å²) in [5, 5.41) is 2.84. The van der Waals surface area contributed by atoms with E-state index in [-0.39, 0.29) is 17.5 Å². The van der Waals surface area contributed by atoms with Crippen molar-refractivity contribution in [2.24, 2.45) is 0 Å². The maximum absolute atomic E-state index is 13.3. The minimum absolute atomic E-state index is 0.169. The van der Waals surface area contributed by atoms with Gasteiger partial charge in [0.2, 0.25) is 0 Å². The summed E-state index contributed by atoms with van der Waals surface area (Å²) in [6, 6.07) is 12.7. The van der Waals surface area contributed by atoms with E-state index in [1.165, 1.54) is 0 Å². The first-order chi connectivity index (χ1) is 15.0. The number of carbonyl (C=O) groups excluding carboxylic acids is 2. The SMILES string of the molecule is COc1ccc(/C=C(/NC(=O)c2ccc(C)cc2)C(=O)N2CCCCCC2)cc1OC. The lowest BCUT2D eigenvalue weighted by Gasteiger charge is -2.22. The molecule has 0 saturated carbocycles.